The Balaban J connectivity index is 1.74. The van der Waals surface area contributed by atoms with E-state index in [2.05, 4.69) is 5.32 Å². The minimum Gasteiger partial charge on any atom is -0.495 e. The van der Waals surface area contributed by atoms with Crippen LogP contribution in [0, 0.1) is 0 Å². The van der Waals surface area contributed by atoms with Gasteiger partial charge in [-0.15, -0.1) is 0 Å². The van der Waals surface area contributed by atoms with Gasteiger partial charge < -0.3 is 19.2 Å². The van der Waals surface area contributed by atoms with Gasteiger partial charge in [-0.05, 0) is 37.1 Å². The minimum absolute atomic E-state index is 0.00833. The topological polar surface area (TPSA) is 74.9 Å². The van der Waals surface area contributed by atoms with Crippen molar-refractivity contribution in [3.05, 3.63) is 48.4 Å². The first kappa shape index (κ1) is 16.5. The van der Waals surface area contributed by atoms with E-state index in [1.807, 2.05) is 30.3 Å². The monoisotopic (exact) mass is 330 g/mol. The van der Waals surface area contributed by atoms with Gasteiger partial charge in [-0.1, -0.05) is 12.1 Å². The number of ether oxygens (including phenoxy) is 1. The number of amides is 1. The van der Waals surface area contributed by atoms with Gasteiger partial charge in [-0.2, -0.15) is 0 Å². The second-order valence-corrected chi connectivity index (χ2v) is 5.75. The first-order chi connectivity index (χ1) is 11.7. The van der Waals surface area contributed by atoms with E-state index < -0.39 is 0 Å². The lowest BCUT2D eigenvalue weighted by molar-refractivity contribution is -0.119. The maximum Gasteiger partial charge on any atom is 0.244 e. The first-order valence-corrected chi connectivity index (χ1v) is 8.09. The van der Waals surface area contributed by atoms with Crippen LogP contribution in [0.4, 0.5) is 5.69 Å². The highest BCUT2D eigenvalue weighted by molar-refractivity contribution is 6.00. The lowest BCUT2D eigenvalue weighted by Crippen LogP contribution is -2.40. The summed E-state index contributed by atoms with van der Waals surface area (Å²) in [5.74, 6) is 1.42. The molecule has 0 bridgehead atoms. The molecule has 6 nitrogen and oxygen atoms in total. The molecule has 0 radical (unpaired) electrons. The van der Waals surface area contributed by atoms with Crippen molar-refractivity contribution in [2.45, 2.75) is 24.9 Å². The quantitative estimate of drug-likeness (QED) is 0.813. The molecule has 1 aliphatic rings. The zero-order valence-corrected chi connectivity index (χ0v) is 13.6. The van der Waals surface area contributed by atoms with E-state index in [1.165, 1.54) is 0 Å². The van der Waals surface area contributed by atoms with Crippen LogP contribution in [0.25, 0.3) is 0 Å². The van der Waals surface area contributed by atoms with Crippen LogP contribution < -0.4 is 15.0 Å². The average Bonchev–Trinajstić information content (AvgIpc) is 3.25. The lowest BCUT2D eigenvalue weighted by atomic mass is 10.1. The molecule has 1 fully saturated rings. The summed E-state index contributed by atoms with van der Waals surface area (Å²) in [6.45, 7) is 0.649. The SMILES string of the molecule is COc1ccccc1N1CC[C@H](N[C@@H](CCO)c2ccco2)C1=O. The second-order valence-electron chi connectivity index (χ2n) is 5.75. The van der Waals surface area contributed by atoms with Gasteiger partial charge in [0.2, 0.25) is 5.91 Å². The number of benzene rings is 1. The van der Waals surface area contributed by atoms with Gasteiger partial charge in [0.05, 0.1) is 31.1 Å². The predicted octanol–water partition coefficient (Wildman–Crippen LogP) is 2.11. The molecule has 128 valence electrons. The first-order valence-electron chi connectivity index (χ1n) is 8.09. The summed E-state index contributed by atoms with van der Waals surface area (Å²) >= 11 is 0. The molecule has 0 saturated carbocycles. The predicted molar refractivity (Wildman–Crippen MR) is 90.0 cm³/mol. The number of anilines is 1. The molecule has 3 rings (SSSR count). The highest BCUT2D eigenvalue weighted by Gasteiger charge is 2.35. The minimum atomic E-state index is -0.309. The number of methoxy groups -OCH3 is 1. The van der Waals surface area contributed by atoms with E-state index in [0.29, 0.717) is 25.1 Å². The molecule has 1 aromatic carbocycles. The van der Waals surface area contributed by atoms with Crippen LogP contribution in [-0.2, 0) is 4.79 Å². The number of aliphatic hydroxyl groups is 1. The van der Waals surface area contributed by atoms with Crippen LogP contribution in [0.3, 0.4) is 0 Å². The van der Waals surface area contributed by atoms with Crippen LogP contribution in [0.2, 0.25) is 0 Å². The molecule has 1 aliphatic heterocycles. The van der Waals surface area contributed by atoms with Crippen molar-refractivity contribution in [2.75, 3.05) is 25.2 Å². The Hall–Kier alpha value is -2.31. The van der Waals surface area contributed by atoms with Crippen LogP contribution in [-0.4, -0.2) is 37.3 Å². The number of nitrogens with zero attached hydrogens (tertiary/aromatic N) is 1. The van der Waals surface area contributed by atoms with Gasteiger partial charge in [-0.3, -0.25) is 10.1 Å². The molecule has 2 heterocycles. The van der Waals surface area contributed by atoms with E-state index in [-0.39, 0.29) is 24.6 Å². The highest BCUT2D eigenvalue weighted by atomic mass is 16.5. The summed E-state index contributed by atoms with van der Waals surface area (Å²) in [5, 5.41) is 12.6. The number of carbonyl (C=O) groups excluding carboxylic acids is 1. The fraction of sp³-hybridized carbons (Fsp3) is 0.389. The van der Waals surface area contributed by atoms with Crippen molar-refractivity contribution in [2.24, 2.45) is 0 Å². The molecular formula is C18H22N2O4. The molecule has 6 heteroatoms. The Bertz CT molecular complexity index is 671. The Kier molecular flexibility index (Phi) is 5.17. The van der Waals surface area contributed by atoms with Crippen LogP contribution in [0.1, 0.15) is 24.6 Å². The van der Waals surface area contributed by atoms with Crippen LogP contribution in [0.5, 0.6) is 5.75 Å². The highest BCUT2D eigenvalue weighted by Crippen LogP contribution is 2.31. The van der Waals surface area contributed by atoms with E-state index in [0.717, 1.165) is 11.4 Å². The van der Waals surface area contributed by atoms with E-state index in [1.54, 1.807) is 24.3 Å². The number of furan rings is 1. The molecule has 1 aromatic heterocycles. The number of carbonyl (C=O) groups is 1. The normalized spacial score (nSPS) is 18.8. The molecule has 0 aliphatic carbocycles. The van der Waals surface area contributed by atoms with Gasteiger partial charge in [0.1, 0.15) is 11.5 Å². The zero-order valence-electron chi connectivity index (χ0n) is 13.6. The molecule has 1 amide bonds. The van der Waals surface area contributed by atoms with Gasteiger partial charge >= 0.3 is 0 Å². The van der Waals surface area contributed by atoms with Crippen LogP contribution >= 0.6 is 0 Å². The van der Waals surface area contributed by atoms with Crippen molar-refractivity contribution >= 4 is 11.6 Å². The molecule has 24 heavy (non-hydrogen) atoms. The Morgan fingerprint density at radius 1 is 1.38 bits per heavy atom. The van der Waals surface area contributed by atoms with Crippen molar-refractivity contribution in [1.82, 2.24) is 5.32 Å². The largest absolute Gasteiger partial charge is 0.495 e. The molecule has 2 N–H and O–H groups in total. The third-order valence-electron chi connectivity index (χ3n) is 4.29. The van der Waals surface area contributed by atoms with Gasteiger partial charge in [0.15, 0.2) is 0 Å². The Morgan fingerprint density at radius 2 is 2.21 bits per heavy atom. The molecule has 2 aromatic rings. The molecule has 0 spiro atoms. The molecule has 0 unspecified atom stereocenters. The lowest BCUT2D eigenvalue weighted by Gasteiger charge is -2.22. The van der Waals surface area contributed by atoms with Crippen molar-refractivity contribution in [1.29, 1.82) is 0 Å². The third-order valence-corrected chi connectivity index (χ3v) is 4.29. The van der Waals surface area contributed by atoms with Gasteiger partial charge in [-0.25, -0.2) is 0 Å². The van der Waals surface area contributed by atoms with E-state index >= 15 is 0 Å². The number of rotatable bonds is 7. The number of nitrogens with one attached hydrogen (secondary N) is 1. The standard InChI is InChI=1S/C18H22N2O4/c1-23-17-6-3-2-5-15(17)20-10-8-14(18(20)22)19-13(9-11-21)16-7-4-12-24-16/h2-7,12-14,19,21H,8-11H2,1H3/t13-,14-/m0/s1. The number of para-hydroxylation sites is 2. The second kappa shape index (κ2) is 7.51. The Labute approximate surface area is 141 Å². The summed E-state index contributed by atoms with van der Waals surface area (Å²) in [6, 6.07) is 10.7. The van der Waals surface area contributed by atoms with E-state index in [4.69, 9.17) is 9.15 Å². The number of aliphatic hydroxyl groups excluding tert-OH is 1. The Morgan fingerprint density at radius 3 is 2.92 bits per heavy atom. The molecular weight excluding hydrogens is 308 g/mol. The summed E-state index contributed by atoms with van der Waals surface area (Å²) in [6.07, 6.45) is 2.78. The zero-order chi connectivity index (χ0) is 16.9. The van der Waals surface area contributed by atoms with Crippen molar-refractivity contribution in [3.63, 3.8) is 0 Å². The summed E-state index contributed by atoms with van der Waals surface area (Å²) in [4.78, 5) is 14.5. The molecule has 1 saturated heterocycles. The summed E-state index contributed by atoms with van der Waals surface area (Å²) < 4.78 is 10.8. The summed E-state index contributed by atoms with van der Waals surface area (Å²) in [5.41, 5.74) is 0.783. The maximum absolute atomic E-state index is 12.8. The van der Waals surface area contributed by atoms with Crippen LogP contribution in [0.15, 0.2) is 47.1 Å². The van der Waals surface area contributed by atoms with Crippen molar-refractivity contribution < 1.29 is 19.1 Å². The van der Waals surface area contributed by atoms with E-state index in [9.17, 15) is 9.90 Å². The molecule has 2 atom stereocenters. The maximum atomic E-state index is 12.8. The smallest absolute Gasteiger partial charge is 0.244 e. The fourth-order valence-electron chi connectivity index (χ4n) is 3.10. The number of hydrogen-bond donors (Lipinski definition) is 2. The average molecular weight is 330 g/mol. The van der Waals surface area contributed by atoms with Crippen molar-refractivity contribution in [3.8, 4) is 5.75 Å². The summed E-state index contributed by atoms with van der Waals surface area (Å²) in [7, 11) is 1.60. The fourth-order valence-corrected chi connectivity index (χ4v) is 3.10. The van der Waals surface area contributed by atoms with Gasteiger partial charge in [0.25, 0.3) is 0 Å². The number of hydrogen-bond acceptors (Lipinski definition) is 5. The third kappa shape index (κ3) is 3.29. The van der Waals surface area contributed by atoms with Gasteiger partial charge in [0, 0.05) is 13.2 Å².